The van der Waals surface area contributed by atoms with E-state index >= 15 is 0 Å². The van der Waals surface area contributed by atoms with Crippen molar-refractivity contribution in [1.82, 2.24) is 0 Å². The number of hydrogen-bond donors (Lipinski definition) is 0. The highest BCUT2D eigenvalue weighted by molar-refractivity contribution is 6.12. The van der Waals surface area contributed by atoms with Gasteiger partial charge in [0, 0.05) is 11.5 Å². The third kappa shape index (κ3) is 3.50. The van der Waals surface area contributed by atoms with Crippen LogP contribution < -0.4 is 0 Å². The minimum Gasteiger partial charge on any atom is -0.419 e. The number of ether oxygens (including phenoxy) is 1. The lowest BCUT2D eigenvalue weighted by molar-refractivity contribution is -0.114. The molecule has 2 rings (SSSR count). The van der Waals surface area contributed by atoms with Crippen molar-refractivity contribution < 1.29 is 14.3 Å². The summed E-state index contributed by atoms with van der Waals surface area (Å²) < 4.78 is 5.47. The Morgan fingerprint density at radius 2 is 1.96 bits per heavy atom. The number of hydrogen-bond acceptors (Lipinski definition) is 3. The van der Waals surface area contributed by atoms with Crippen molar-refractivity contribution in [2.75, 3.05) is 0 Å². The number of Topliss-reactive ketones (excluding diaryl/α,β-unsaturated/α-hetero) is 1. The summed E-state index contributed by atoms with van der Waals surface area (Å²) in [5.74, 6) is -0.459. The predicted octanol–water partition coefficient (Wildman–Crippen LogP) is 4.47. The van der Waals surface area contributed by atoms with Crippen molar-refractivity contribution in [3.05, 3.63) is 72.0 Å². The molecule has 0 fully saturated rings. The fourth-order valence-electron chi connectivity index (χ4n) is 2.95. The van der Waals surface area contributed by atoms with Gasteiger partial charge in [0.05, 0.1) is 5.56 Å². The van der Waals surface area contributed by atoms with Crippen molar-refractivity contribution in [2.45, 2.75) is 26.7 Å². The summed E-state index contributed by atoms with van der Waals surface area (Å²) in [6, 6.07) is 8.68. The molecule has 0 heterocycles. The monoisotopic (exact) mass is 310 g/mol. The van der Waals surface area contributed by atoms with Crippen LogP contribution in [-0.4, -0.2) is 11.8 Å². The Morgan fingerprint density at radius 3 is 2.52 bits per heavy atom. The molecule has 0 aliphatic heterocycles. The third-order valence-corrected chi connectivity index (χ3v) is 4.03. The maximum Gasteiger partial charge on any atom is 0.343 e. The van der Waals surface area contributed by atoms with E-state index in [4.69, 9.17) is 4.74 Å². The molecule has 0 bridgehead atoms. The lowest BCUT2D eigenvalue weighted by Crippen LogP contribution is -2.12. The van der Waals surface area contributed by atoms with Crippen LogP contribution in [0.15, 0.2) is 66.5 Å². The lowest BCUT2D eigenvalue weighted by atomic mass is 9.85. The molecule has 0 saturated heterocycles. The average molecular weight is 310 g/mol. The Morgan fingerprint density at radius 1 is 1.30 bits per heavy atom. The molecule has 1 unspecified atom stereocenters. The summed E-state index contributed by atoms with van der Waals surface area (Å²) >= 11 is 0. The first-order chi connectivity index (χ1) is 11.0. The molecular weight excluding hydrogens is 288 g/mol. The van der Waals surface area contributed by atoms with Gasteiger partial charge >= 0.3 is 5.97 Å². The molecule has 1 aromatic rings. The Bertz CT molecular complexity index is 665. The van der Waals surface area contributed by atoms with Crippen molar-refractivity contribution in [2.24, 2.45) is 11.8 Å². The van der Waals surface area contributed by atoms with Crippen LogP contribution >= 0.6 is 0 Å². The van der Waals surface area contributed by atoms with Crippen LogP contribution in [0.2, 0.25) is 0 Å². The molecule has 120 valence electrons. The summed E-state index contributed by atoms with van der Waals surface area (Å²) in [6.07, 6.45) is 3.17. The number of carbonyl (C=O) groups excluding carboxylic acids is 2. The molecule has 3 heteroatoms. The molecule has 1 aromatic carbocycles. The molecule has 1 aliphatic rings. The van der Waals surface area contributed by atoms with Gasteiger partial charge in [-0.3, -0.25) is 4.79 Å². The number of rotatable bonds is 6. The lowest BCUT2D eigenvalue weighted by Gasteiger charge is -2.18. The molecule has 0 saturated carbocycles. The summed E-state index contributed by atoms with van der Waals surface area (Å²) in [6.45, 7) is 11.7. The molecule has 0 N–H and O–H groups in total. The van der Waals surface area contributed by atoms with Gasteiger partial charge in [0.2, 0.25) is 5.78 Å². The molecule has 0 aromatic heterocycles. The smallest absolute Gasteiger partial charge is 0.343 e. The summed E-state index contributed by atoms with van der Waals surface area (Å²) in [5, 5.41) is 0. The van der Waals surface area contributed by atoms with Crippen LogP contribution in [-0.2, 0) is 9.53 Å². The summed E-state index contributed by atoms with van der Waals surface area (Å²) in [5.41, 5.74) is 1.79. The van der Waals surface area contributed by atoms with Gasteiger partial charge in [-0.15, -0.1) is 6.58 Å². The largest absolute Gasteiger partial charge is 0.419 e. The highest BCUT2D eigenvalue weighted by atomic mass is 16.5. The quantitative estimate of drug-likeness (QED) is 0.442. The molecule has 0 amide bonds. The SMILES string of the molecule is C=CCCC1=C(OC(=O)c2ccccc2)C(=O)C(=C)C1C(C)C. The van der Waals surface area contributed by atoms with E-state index in [2.05, 4.69) is 13.2 Å². The molecule has 23 heavy (non-hydrogen) atoms. The van der Waals surface area contributed by atoms with Gasteiger partial charge in [0.25, 0.3) is 0 Å². The van der Waals surface area contributed by atoms with Crippen molar-refractivity contribution >= 4 is 11.8 Å². The summed E-state index contributed by atoms with van der Waals surface area (Å²) in [7, 11) is 0. The van der Waals surface area contributed by atoms with E-state index in [1.165, 1.54) is 0 Å². The molecule has 3 nitrogen and oxygen atoms in total. The van der Waals surface area contributed by atoms with E-state index < -0.39 is 5.97 Å². The van der Waals surface area contributed by atoms with Crippen LogP contribution in [0.1, 0.15) is 37.0 Å². The second-order valence-corrected chi connectivity index (χ2v) is 6.01. The van der Waals surface area contributed by atoms with Crippen LogP contribution in [0.4, 0.5) is 0 Å². The topological polar surface area (TPSA) is 43.4 Å². The zero-order valence-electron chi connectivity index (χ0n) is 13.7. The van der Waals surface area contributed by atoms with E-state index in [1.54, 1.807) is 30.3 Å². The van der Waals surface area contributed by atoms with Crippen LogP contribution in [0, 0.1) is 11.8 Å². The van der Waals surface area contributed by atoms with Crippen LogP contribution in [0.5, 0.6) is 0 Å². The fraction of sp³-hybridized carbons (Fsp3) is 0.300. The first-order valence-corrected chi connectivity index (χ1v) is 7.82. The fourth-order valence-corrected chi connectivity index (χ4v) is 2.95. The first-order valence-electron chi connectivity index (χ1n) is 7.82. The Labute approximate surface area is 137 Å². The van der Waals surface area contributed by atoms with Gasteiger partial charge in [-0.25, -0.2) is 4.79 Å². The second-order valence-electron chi connectivity index (χ2n) is 6.01. The van der Waals surface area contributed by atoms with Gasteiger partial charge in [-0.05, 0) is 36.5 Å². The van der Waals surface area contributed by atoms with Gasteiger partial charge in [0.1, 0.15) is 0 Å². The van der Waals surface area contributed by atoms with Crippen molar-refractivity contribution in [3.63, 3.8) is 0 Å². The minimum atomic E-state index is -0.512. The predicted molar refractivity (Wildman–Crippen MR) is 90.8 cm³/mol. The Hall–Kier alpha value is -2.42. The Balaban J connectivity index is 2.35. The highest BCUT2D eigenvalue weighted by Crippen LogP contribution is 2.41. The van der Waals surface area contributed by atoms with E-state index in [0.717, 1.165) is 12.0 Å². The van der Waals surface area contributed by atoms with E-state index in [1.807, 2.05) is 19.9 Å². The molecule has 0 radical (unpaired) electrons. The zero-order valence-corrected chi connectivity index (χ0v) is 13.7. The van der Waals surface area contributed by atoms with Crippen LogP contribution in [0.3, 0.4) is 0 Å². The molecule has 0 spiro atoms. The molecule has 1 atom stereocenters. The van der Waals surface area contributed by atoms with E-state index in [-0.39, 0.29) is 23.4 Å². The van der Waals surface area contributed by atoms with E-state index in [9.17, 15) is 9.59 Å². The summed E-state index contributed by atoms with van der Waals surface area (Å²) in [4.78, 5) is 24.8. The number of ketones is 1. The number of carbonyl (C=O) groups is 2. The van der Waals surface area contributed by atoms with Crippen LogP contribution in [0.25, 0.3) is 0 Å². The standard InChI is InChI=1S/C20H22O3/c1-5-6-12-16-17(13(2)3)14(4)18(21)19(16)23-20(22)15-10-8-7-9-11-15/h5,7-11,13,17H,1,4,6,12H2,2-3H3. The first kappa shape index (κ1) is 16.9. The maximum atomic E-state index is 12.5. The molecular formula is C20H22O3. The normalized spacial score (nSPS) is 17.8. The van der Waals surface area contributed by atoms with Gasteiger partial charge in [0.15, 0.2) is 5.76 Å². The number of benzene rings is 1. The van der Waals surface area contributed by atoms with E-state index in [0.29, 0.717) is 17.6 Å². The maximum absolute atomic E-state index is 12.5. The average Bonchev–Trinajstić information content (AvgIpc) is 2.78. The van der Waals surface area contributed by atoms with Gasteiger partial charge in [-0.2, -0.15) is 0 Å². The molecule has 1 aliphatic carbocycles. The second kappa shape index (κ2) is 7.23. The van der Waals surface area contributed by atoms with Gasteiger partial charge in [-0.1, -0.05) is 44.7 Å². The Kier molecular flexibility index (Phi) is 5.32. The number of esters is 1. The van der Waals surface area contributed by atoms with Crippen molar-refractivity contribution in [3.8, 4) is 0 Å². The minimum absolute atomic E-state index is 0.0685. The third-order valence-electron chi connectivity index (χ3n) is 4.03. The highest BCUT2D eigenvalue weighted by Gasteiger charge is 2.39. The van der Waals surface area contributed by atoms with Gasteiger partial charge < -0.3 is 4.74 Å². The van der Waals surface area contributed by atoms with Crippen molar-refractivity contribution in [1.29, 1.82) is 0 Å². The zero-order chi connectivity index (χ0) is 17.0. The number of allylic oxidation sites excluding steroid dienone is 3.